The van der Waals surface area contributed by atoms with E-state index in [2.05, 4.69) is 22.0 Å². The summed E-state index contributed by atoms with van der Waals surface area (Å²) in [6, 6.07) is 1.59. The molecule has 0 aliphatic carbocycles. The van der Waals surface area contributed by atoms with E-state index < -0.39 is 11.6 Å². The molecule has 3 aromatic heterocycles. The van der Waals surface area contributed by atoms with Crippen molar-refractivity contribution in [3.8, 4) is 11.8 Å². The van der Waals surface area contributed by atoms with Gasteiger partial charge in [-0.1, -0.05) is 30.8 Å². The smallest absolute Gasteiger partial charge is 0.340 e. The summed E-state index contributed by atoms with van der Waals surface area (Å²) in [6.07, 6.45) is 2.97. The number of hydrogen-bond donors (Lipinski definition) is 2. The molecular weight excluding hydrogens is 374 g/mol. The van der Waals surface area contributed by atoms with Crippen LogP contribution in [0.1, 0.15) is 48.1 Å². The fourth-order valence-electron chi connectivity index (χ4n) is 2.79. The second-order valence-corrected chi connectivity index (χ2v) is 7.55. The Balaban J connectivity index is 2.11. The first kappa shape index (κ1) is 20.4. The summed E-state index contributed by atoms with van der Waals surface area (Å²) in [5.41, 5.74) is -0.734. The van der Waals surface area contributed by atoms with Crippen molar-refractivity contribution in [2.75, 3.05) is 6.61 Å². The summed E-state index contributed by atoms with van der Waals surface area (Å²) in [5, 5.41) is 14.8. The summed E-state index contributed by atoms with van der Waals surface area (Å²) in [4.78, 5) is 27.8. The number of aromatic nitrogens is 3. The number of hydrogen-bond acceptors (Lipinski definition) is 6. The summed E-state index contributed by atoms with van der Waals surface area (Å²) >= 11 is 0. The lowest BCUT2D eigenvalue weighted by molar-refractivity contribution is 0.0461. The molecule has 0 radical (unpaired) electrons. The number of pyridine rings is 1. The number of aryl methyl sites for hydroxylation is 2. The van der Waals surface area contributed by atoms with Gasteiger partial charge in [-0.05, 0) is 19.8 Å². The summed E-state index contributed by atoms with van der Waals surface area (Å²) < 4.78 is 11.7. The molecule has 0 aliphatic heterocycles. The van der Waals surface area contributed by atoms with E-state index in [4.69, 9.17) is 9.26 Å². The molecule has 0 fully saturated rings. The van der Waals surface area contributed by atoms with Gasteiger partial charge >= 0.3 is 5.97 Å². The summed E-state index contributed by atoms with van der Waals surface area (Å²) in [6.45, 7) is 7.33. The van der Waals surface area contributed by atoms with Crippen LogP contribution in [0.3, 0.4) is 0 Å². The molecular formula is C21H23N3O5. The van der Waals surface area contributed by atoms with Crippen LogP contribution >= 0.6 is 0 Å². The molecule has 3 heterocycles. The number of ether oxygens (including phenoxy) is 1. The first-order valence-electron chi connectivity index (χ1n) is 9.17. The quantitative estimate of drug-likeness (QED) is 0.516. The Labute approximate surface area is 167 Å². The number of carbonyl (C=O) groups excluding carboxylic acids is 1. The number of aliphatic hydroxyl groups is 1. The normalized spacial score (nSPS) is 13.2. The van der Waals surface area contributed by atoms with E-state index >= 15 is 0 Å². The van der Waals surface area contributed by atoms with Gasteiger partial charge in [0.05, 0.1) is 17.7 Å². The highest BCUT2D eigenvalue weighted by molar-refractivity contribution is 6.06. The maximum Gasteiger partial charge on any atom is 0.340 e. The third-order valence-electron chi connectivity index (χ3n) is 4.34. The molecule has 1 atom stereocenters. The van der Waals surface area contributed by atoms with Gasteiger partial charge in [-0.3, -0.25) is 4.79 Å². The number of rotatable bonds is 4. The minimum Gasteiger partial charge on any atom is -0.462 e. The Morgan fingerprint density at radius 1 is 1.48 bits per heavy atom. The Bertz CT molecular complexity index is 1180. The molecule has 29 heavy (non-hydrogen) atoms. The molecule has 1 unspecified atom stereocenters. The largest absolute Gasteiger partial charge is 0.462 e. The van der Waals surface area contributed by atoms with Crippen LogP contribution in [-0.4, -0.2) is 32.4 Å². The molecule has 0 spiro atoms. The Hall–Kier alpha value is -3.31. The third kappa shape index (κ3) is 4.10. The zero-order valence-electron chi connectivity index (χ0n) is 17.0. The van der Waals surface area contributed by atoms with E-state index in [-0.39, 0.29) is 34.9 Å². The highest BCUT2D eigenvalue weighted by Crippen LogP contribution is 2.23. The van der Waals surface area contributed by atoms with Crippen molar-refractivity contribution in [3.63, 3.8) is 0 Å². The summed E-state index contributed by atoms with van der Waals surface area (Å²) in [5.74, 6) is 5.82. The van der Waals surface area contributed by atoms with Crippen LogP contribution in [0.4, 0.5) is 0 Å². The van der Waals surface area contributed by atoms with Crippen LogP contribution in [0.5, 0.6) is 0 Å². The van der Waals surface area contributed by atoms with Crippen molar-refractivity contribution >= 4 is 16.9 Å². The third-order valence-corrected chi connectivity index (χ3v) is 4.34. The molecule has 2 N–H and O–H groups in total. The van der Waals surface area contributed by atoms with Gasteiger partial charge in [0.25, 0.3) is 5.56 Å². The topological polar surface area (TPSA) is 110 Å². The van der Waals surface area contributed by atoms with E-state index in [0.29, 0.717) is 16.7 Å². The van der Waals surface area contributed by atoms with Crippen molar-refractivity contribution in [3.05, 3.63) is 51.4 Å². The average molecular weight is 397 g/mol. The van der Waals surface area contributed by atoms with E-state index in [1.54, 1.807) is 20.0 Å². The molecule has 0 saturated heterocycles. The van der Waals surface area contributed by atoms with Crippen molar-refractivity contribution in [1.82, 2.24) is 14.7 Å². The van der Waals surface area contributed by atoms with Crippen molar-refractivity contribution in [1.29, 1.82) is 0 Å². The van der Waals surface area contributed by atoms with Gasteiger partial charge in [0.2, 0.25) is 0 Å². The fraction of sp³-hybridized carbons (Fsp3) is 0.381. The van der Waals surface area contributed by atoms with Gasteiger partial charge in [-0.2, -0.15) is 0 Å². The van der Waals surface area contributed by atoms with E-state index in [1.165, 1.54) is 23.9 Å². The zero-order valence-corrected chi connectivity index (χ0v) is 17.0. The van der Waals surface area contributed by atoms with Gasteiger partial charge in [0, 0.05) is 30.9 Å². The highest BCUT2D eigenvalue weighted by Gasteiger charge is 2.25. The number of aromatic amines is 1. The van der Waals surface area contributed by atoms with Gasteiger partial charge < -0.3 is 23.9 Å². The molecule has 8 nitrogen and oxygen atoms in total. The number of H-pyrrole nitrogens is 1. The molecule has 0 amide bonds. The molecule has 0 aliphatic rings. The fourth-order valence-corrected chi connectivity index (χ4v) is 2.79. The van der Waals surface area contributed by atoms with Crippen molar-refractivity contribution in [2.24, 2.45) is 13.0 Å². The molecule has 8 heteroatoms. The van der Waals surface area contributed by atoms with Crippen LogP contribution in [0.2, 0.25) is 0 Å². The van der Waals surface area contributed by atoms with Crippen molar-refractivity contribution in [2.45, 2.75) is 33.3 Å². The van der Waals surface area contributed by atoms with Crippen LogP contribution < -0.4 is 5.56 Å². The first-order chi connectivity index (χ1) is 13.6. The highest BCUT2D eigenvalue weighted by atomic mass is 16.5. The number of nitrogens with zero attached hydrogens (tertiary/aromatic N) is 2. The monoisotopic (exact) mass is 397 g/mol. The first-order valence-corrected chi connectivity index (χ1v) is 9.17. The number of carbonyl (C=O) groups is 1. The Morgan fingerprint density at radius 2 is 2.21 bits per heavy atom. The van der Waals surface area contributed by atoms with Gasteiger partial charge in [0.15, 0.2) is 5.60 Å². The Kier molecular flexibility index (Phi) is 5.36. The molecule has 0 saturated carbocycles. The van der Waals surface area contributed by atoms with Gasteiger partial charge in [-0.25, -0.2) is 4.79 Å². The lowest BCUT2D eigenvalue weighted by atomic mass is 10.0. The Morgan fingerprint density at radius 3 is 2.83 bits per heavy atom. The molecule has 3 aromatic rings. The predicted molar refractivity (Wildman–Crippen MR) is 106 cm³/mol. The average Bonchev–Trinajstić information content (AvgIpc) is 3.29. The van der Waals surface area contributed by atoms with E-state index in [0.717, 1.165) is 0 Å². The van der Waals surface area contributed by atoms with Crippen LogP contribution in [0.15, 0.2) is 27.8 Å². The molecule has 0 bridgehead atoms. The minimum absolute atomic E-state index is 0.178. The number of fused-ring (bicyclic) bond motifs is 1. The zero-order chi connectivity index (χ0) is 21.3. The van der Waals surface area contributed by atoms with E-state index in [1.807, 2.05) is 13.8 Å². The number of nitrogens with one attached hydrogen (secondary N) is 1. The second-order valence-electron chi connectivity index (χ2n) is 7.55. The van der Waals surface area contributed by atoms with Gasteiger partial charge in [-0.15, -0.1) is 0 Å². The molecule has 152 valence electrons. The molecule has 3 rings (SSSR count). The summed E-state index contributed by atoms with van der Waals surface area (Å²) in [7, 11) is 1.59. The minimum atomic E-state index is -1.58. The van der Waals surface area contributed by atoms with Crippen LogP contribution in [-0.2, 0) is 17.4 Å². The second kappa shape index (κ2) is 7.60. The maximum absolute atomic E-state index is 12.5. The van der Waals surface area contributed by atoms with E-state index in [9.17, 15) is 14.7 Å². The maximum atomic E-state index is 12.5. The number of esters is 1. The van der Waals surface area contributed by atoms with Gasteiger partial charge in [0.1, 0.15) is 17.0 Å². The lowest BCUT2D eigenvalue weighted by Crippen LogP contribution is -2.20. The standard InChI is InChI=1S/C21H23N3O5/c1-12(2)11-28-20(26)15-9-22-18-17(15)14(10-24(5)19(18)25)6-7-21(4,27)16-8-13(3)29-23-16/h8-10,12,22,27H,11H2,1-5H3. The lowest BCUT2D eigenvalue weighted by Gasteiger charge is -2.12. The van der Waals surface area contributed by atoms with Crippen LogP contribution in [0.25, 0.3) is 10.9 Å². The van der Waals surface area contributed by atoms with Crippen molar-refractivity contribution < 1.29 is 19.2 Å². The predicted octanol–water partition coefficient (Wildman–Crippen LogP) is 2.24. The SMILES string of the molecule is Cc1cc(C(C)(O)C#Cc2cn(C)c(=O)c3[nH]cc(C(=O)OCC(C)C)c23)no1. The van der Waals surface area contributed by atoms with Crippen LogP contribution in [0, 0.1) is 24.7 Å². The molecule has 0 aromatic carbocycles.